The second kappa shape index (κ2) is 8.70. The maximum Gasteiger partial charge on any atom is 0.313 e. The third-order valence-corrected chi connectivity index (χ3v) is 5.39. The molecule has 1 aromatic carbocycles. The minimum atomic E-state index is -0.476. The van der Waals surface area contributed by atoms with Crippen LogP contribution in [0.2, 0.25) is 0 Å². The number of piperidine rings is 1. The Bertz CT molecular complexity index is 741. The highest BCUT2D eigenvalue weighted by atomic mass is 16.5. The molecule has 1 aliphatic heterocycles. The summed E-state index contributed by atoms with van der Waals surface area (Å²) in [6.07, 6.45) is 2.59. The highest BCUT2D eigenvalue weighted by Crippen LogP contribution is 2.36. The number of hydrogen-bond acceptors (Lipinski definition) is 4. The Labute approximate surface area is 162 Å². The number of nitrogens with zero attached hydrogens (tertiary/aromatic N) is 2. The molecular weight excluding hydrogens is 338 g/mol. The molecule has 1 aromatic heterocycles. The third kappa shape index (κ3) is 4.78. The minimum absolute atomic E-state index is 0.0639. The number of aromatic amines is 1. The lowest BCUT2D eigenvalue weighted by molar-refractivity contribution is -0.159. The van der Waals surface area contributed by atoms with Crippen LogP contribution >= 0.6 is 0 Å². The largest absolute Gasteiger partial charge is 0.466 e. The fourth-order valence-corrected chi connectivity index (χ4v) is 4.01. The van der Waals surface area contributed by atoms with Gasteiger partial charge in [0.1, 0.15) is 0 Å². The van der Waals surface area contributed by atoms with E-state index in [0.29, 0.717) is 12.5 Å². The summed E-state index contributed by atoms with van der Waals surface area (Å²) in [6.45, 7) is 9.10. The van der Waals surface area contributed by atoms with E-state index < -0.39 is 5.41 Å². The van der Waals surface area contributed by atoms with Crippen molar-refractivity contribution in [2.24, 2.45) is 5.41 Å². The first-order valence-electron chi connectivity index (χ1n) is 10.00. The topological polar surface area (TPSA) is 58.2 Å². The summed E-state index contributed by atoms with van der Waals surface area (Å²) >= 11 is 0. The van der Waals surface area contributed by atoms with Crippen LogP contribution in [0.15, 0.2) is 36.4 Å². The Balaban J connectivity index is 1.77. The van der Waals surface area contributed by atoms with Crippen molar-refractivity contribution in [2.75, 3.05) is 19.7 Å². The fourth-order valence-electron chi connectivity index (χ4n) is 4.01. The van der Waals surface area contributed by atoms with Gasteiger partial charge in [-0.1, -0.05) is 44.2 Å². The summed E-state index contributed by atoms with van der Waals surface area (Å²) in [6, 6.07) is 12.4. The Morgan fingerprint density at radius 2 is 2.11 bits per heavy atom. The first-order chi connectivity index (χ1) is 13.0. The van der Waals surface area contributed by atoms with Crippen molar-refractivity contribution >= 4 is 5.97 Å². The van der Waals surface area contributed by atoms with Gasteiger partial charge in [-0.05, 0) is 50.3 Å². The van der Waals surface area contributed by atoms with Crippen LogP contribution in [0.1, 0.15) is 56.5 Å². The van der Waals surface area contributed by atoms with E-state index in [1.54, 1.807) is 0 Å². The summed E-state index contributed by atoms with van der Waals surface area (Å²) in [4.78, 5) is 15.3. The Morgan fingerprint density at radius 1 is 1.33 bits per heavy atom. The molecule has 1 atom stereocenters. The van der Waals surface area contributed by atoms with E-state index in [1.807, 2.05) is 25.1 Å². The minimum Gasteiger partial charge on any atom is -0.466 e. The molecule has 5 nitrogen and oxygen atoms in total. The molecule has 146 valence electrons. The highest BCUT2D eigenvalue weighted by molar-refractivity contribution is 5.77. The van der Waals surface area contributed by atoms with Crippen molar-refractivity contribution in [3.8, 4) is 0 Å². The number of carbonyl (C=O) groups is 1. The van der Waals surface area contributed by atoms with Crippen LogP contribution in [-0.2, 0) is 22.5 Å². The Hall–Kier alpha value is -2.14. The highest BCUT2D eigenvalue weighted by Gasteiger charge is 2.43. The molecule has 0 unspecified atom stereocenters. The van der Waals surface area contributed by atoms with Gasteiger partial charge in [0, 0.05) is 18.8 Å². The molecule has 0 amide bonds. The van der Waals surface area contributed by atoms with Gasteiger partial charge in [0.25, 0.3) is 0 Å². The summed E-state index contributed by atoms with van der Waals surface area (Å²) in [5.41, 5.74) is 2.91. The molecule has 0 aliphatic carbocycles. The molecule has 2 heterocycles. The summed E-state index contributed by atoms with van der Waals surface area (Å²) in [7, 11) is 0. The number of rotatable bonds is 7. The van der Waals surface area contributed by atoms with Crippen LogP contribution < -0.4 is 0 Å². The molecule has 0 saturated carbocycles. The van der Waals surface area contributed by atoms with Gasteiger partial charge in [-0.25, -0.2) is 0 Å². The van der Waals surface area contributed by atoms with Crippen LogP contribution in [0.3, 0.4) is 0 Å². The molecule has 0 spiro atoms. The number of nitrogens with one attached hydrogen (secondary N) is 1. The third-order valence-electron chi connectivity index (χ3n) is 5.39. The van der Waals surface area contributed by atoms with E-state index in [4.69, 9.17) is 4.74 Å². The number of H-pyrrole nitrogens is 1. The van der Waals surface area contributed by atoms with Crippen LogP contribution in [-0.4, -0.2) is 40.8 Å². The first kappa shape index (κ1) is 19.6. The number of hydrogen-bond donors (Lipinski definition) is 1. The van der Waals surface area contributed by atoms with Crippen LogP contribution in [0.4, 0.5) is 0 Å². The molecule has 1 N–H and O–H groups in total. The van der Waals surface area contributed by atoms with Crippen molar-refractivity contribution < 1.29 is 9.53 Å². The van der Waals surface area contributed by atoms with Gasteiger partial charge in [0.15, 0.2) is 0 Å². The molecule has 0 radical (unpaired) electrons. The van der Waals surface area contributed by atoms with Crippen molar-refractivity contribution in [1.29, 1.82) is 0 Å². The Morgan fingerprint density at radius 3 is 2.78 bits per heavy atom. The predicted molar refractivity (Wildman–Crippen MR) is 106 cm³/mol. The standard InChI is InChI=1S/C22H31N3O2/c1-4-27-21(26)22(14-18-9-6-5-7-10-18)11-8-12-25(16-22)15-19-13-20(17(2)3)24-23-19/h5-7,9-10,13,17H,4,8,11-12,14-16H2,1-3H3,(H,23,24)/t22-/m1/s1. The lowest BCUT2D eigenvalue weighted by Crippen LogP contribution is -2.49. The van der Waals surface area contributed by atoms with Crippen molar-refractivity contribution in [2.45, 2.75) is 52.5 Å². The molecule has 3 rings (SSSR count). The summed E-state index contributed by atoms with van der Waals surface area (Å²) in [5, 5.41) is 7.56. The van der Waals surface area contributed by atoms with E-state index in [9.17, 15) is 4.79 Å². The number of likely N-dealkylation sites (tertiary alicyclic amines) is 1. The molecule has 1 saturated heterocycles. The van der Waals surface area contributed by atoms with Crippen LogP contribution in [0.5, 0.6) is 0 Å². The maximum absolute atomic E-state index is 12.9. The van der Waals surface area contributed by atoms with Gasteiger partial charge in [0.05, 0.1) is 17.7 Å². The quantitative estimate of drug-likeness (QED) is 0.752. The second-order valence-corrected chi connectivity index (χ2v) is 7.95. The average Bonchev–Trinajstić information content (AvgIpc) is 3.12. The molecule has 1 aliphatic rings. The van der Waals surface area contributed by atoms with Crippen molar-refractivity contribution in [3.63, 3.8) is 0 Å². The van der Waals surface area contributed by atoms with Crippen molar-refractivity contribution in [3.05, 3.63) is 53.3 Å². The normalized spacial score (nSPS) is 20.7. The van der Waals surface area contributed by atoms with Gasteiger partial charge in [-0.2, -0.15) is 5.10 Å². The SMILES string of the molecule is CCOC(=O)[C@@]1(Cc2ccccc2)CCCN(Cc2cc(C(C)C)n[nH]2)C1. The summed E-state index contributed by atoms with van der Waals surface area (Å²) in [5.74, 6) is 0.346. The monoisotopic (exact) mass is 369 g/mol. The zero-order chi connectivity index (χ0) is 19.3. The molecule has 1 fully saturated rings. The average molecular weight is 370 g/mol. The maximum atomic E-state index is 12.9. The van der Waals surface area contributed by atoms with E-state index in [0.717, 1.165) is 50.3 Å². The van der Waals surface area contributed by atoms with Crippen molar-refractivity contribution in [1.82, 2.24) is 15.1 Å². The Kier molecular flexibility index (Phi) is 6.32. The zero-order valence-electron chi connectivity index (χ0n) is 16.7. The van der Waals surface area contributed by atoms with Gasteiger partial charge in [-0.15, -0.1) is 0 Å². The number of ether oxygens (including phenoxy) is 1. The molecule has 5 heteroatoms. The van der Waals surface area contributed by atoms with E-state index in [1.165, 1.54) is 5.56 Å². The zero-order valence-corrected chi connectivity index (χ0v) is 16.7. The van der Waals surface area contributed by atoms with Gasteiger partial charge < -0.3 is 4.74 Å². The molecule has 2 aromatic rings. The van der Waals surface area contributed by atoms with E-state index >= 15 is 0 Å². The fraction of sp³-hybridized carbons (Fsp3) is 0.545. The van der Waals surface area contributed by atoms with Gasteiger partial charge in [-0.3, -0.25) is 14.8 Å². The number of aromatic nitrogens is 2. The number of esters is 1. The summed E-state index contributed by atoms with van der Waals surface area (Å²) < 4.78 is 5.51. The van der Waals surface area contributed by atoms with E-state index in [2.05, 4.69) is 47.1 Å². The number of benzene rings is 1. The van der Waals surface area contributed by atoms with Gasteiger partial charge in [0.2, 0.25) is 0 Å². The predicted octanol–water partition coefficient (Wildman–Crippen LogP) is 3.92. The smallest absolute Gasteiger partial charge is 0.313 e. The van der Waals surface area contributed by atoms with E-state index in [-0.39, 0.29) is 5.97 Å². The number of carbonyl (C=O) groups excluding carboxylic acids is 1. The second-order valence-electron chi connectivity index (χ2n) is 7.95. The molecular formula is C22H31N3O2. The lowest BCUT2D eigenvalue weighted by Gasteiger charge is -2.41. The molecule has 0 bridgehead atoms. The lowest BCUT2D eigenvalue weighted by atomic mass is 9.75. The molecule has 27 heavy (non-hydrogen) atoms. The van der Waals surface area contributed by atoms with Crippen LogP contribution in [0, 0.1) is 5.41 Å². The first-order valence-corrected chi connectivity index (χ1v) is 10.00. The van der Waals surface area contributed by atoms with Gasteiger partial charge >= 0.3 is 5.97 Å². The van der Waals surface area contributed by atoms with Crippen LogP contribution in [0.25, 0.3) is 0 Å².